The molecule has 132 valence electrons. The third kappa shape index (κ3) is 2.70. The van der Waals surface area contributed by atoms with Crippen LogP contribution in [0.5, 0.6) is 0 Å². The normalized spacial score (nSPS) is 17.1. The Kier molecular flexibility index (Phi) is 4.50. The van der Waals surface area contributed by atoms with Crippen molar-refractivity contribution in [1.82, 2.24) is 4.90 Å². The van der Waals surface area contributed by atoms with Gasteiger partial charge in [-0.15, -0.1) is 0 Å². The van der Waals surface area contributed by atoms with Gasteiger partial charge < -0.3 is 4.90 Å². The lowest BCUT2D eigenvalue weighted by molar-refractivity contribution is -0.127. The SMILES string of the molecule is CC(c1cccc2ccccc12)N(C=O)C1(c2ccccc2)CCCC1. The molecule has 3 aromatic rings. The predicted octanol–water partition coefficient (Wildman–Crippen LogP) is 5.83. The van der Waals surface area contributed by atoms with E-state index in [1.165, 1.54) is 34.7 Å². The van der Waals surface area contributed by atoms with Crippen molar-refractivity contribution >= 4 is 17.2 Å². The first-order valence-electron chi connectivity index (χ1n) is 9.53. The maximum atomic E-state index is 12.3. The molecule has 26 heavy (non-hydrogen) atoms. The molecule has 1 aliphatic carbocycles. The van der Waals surface area contributed by atoms with Crippen LogP contribution in [0.1, 0.15) is 49.8 Å². The van der Waals surface area contributed by atoms with Gasteiger partial charge in [-0.2, -0.15) is 0 Å². The fourth-order valence-electron chi connectivity index (χ4n) is 4.73. The van der Waals surface area contributed by atoms with Gasteiger partial charge in [-0.05, 0) is 41.7 Å². The molecule has 3 aromatic carbocycles. The van der Waals surface area contributed by atoms with Crippen LogP contribution in [-0.4, -0.2) is 11.3 Å². The number of hydrogen-bond donors (Lipinski definition) is 0. The average molecular weight is 343 g/mol. The van der Waals surface area contributed by atoms with Crippen molar-refractivity contribution in [3.05, 3.63) is 83.9 Å². The summed E-state index contributed by atoms with van der Waals surface area (Å²) in [5.41, 5.74) is 2.29. The summed E-state index contributed by atoms with van der Waals surface area (Å²) in [4.78, 5) is 14.4. The first-order valence-corrected chi connectivity index (χ1v) is 9.53. The monoisotopic (exact) mass is 343 g/mol. The number of nitrogens with zero attached hydrogens (tertiary/aromatic N) is 1. The van der Waals surface area contributed by atoms with Crippen molar-refractivity contribution in [2.45, 2.75) is 44.2 Å². The van der Waals surface area contributed by atoms with Gasteiger partial charge in [0.05, 0.1) is 11.6 Å². The molecular formula is C24H25NO. The van der Waals surface area contributed by atoms with E-state index in [0.717, 1.165) is 19.3 Å². The molecule has 0 saturated heterocycles. The summed E-state index contributed by atoms with van der Waals surface area (Å²) in [5, 5.41) is 2.46. The van der Waals surface area contributed by atoms with Crippen molar-refractivity contribution in [2.24, 2.45) is 0 Å². The molecule has 0 aliphatic heterocycles. The van der Waals surface area contributed by atoms with Gasteiger partial charge in [0, 0.05) is 0 Å². The number of carbonyl (C=O) groups is 1. The largest absolute Gasteiger partial charge is 0.329 e. The number of fused-ring (bicyclic) bond motifs is 1. The predicted molar refractivity (Wildman–Crippen MR) is 107 cm³/mol. The Morgan fingerprint density at radius 1 is 0.885 bits per heavy atom. The van der Waals surface area contributed by atoms with Gasteiger partial charge in [0.2, 0.25) is 6.41 Å². The number of amides is 1. The number of hydrogen-bond acceptors (Lipinski definition) is 1. The standard InChI is InChI=1S/C24H25NO/c1-19(22-15-9-11-20-10-5-6-14-23(20)22)25(18-26)24(16-7-8-17-24)21-12-3-2-4-13-21/h2-6,9-15,18-19H,7-8,16-17H2,1H3. The van der Waals surface area contributed by atoms with Gasteiger partial charge in [0.1, 0.15) is 0 Å². The number of rotatable bonds is 5. The second kappa shape index (κ2) is 6.95. The Labute approximate surface area is 155 Å². The summed E-state index contributed by atoms with van der Waals surface area (Å²) in [5.74, 6) is 0. The highest BCUT2D eigenvalue weighted by atomic mass is 16.1. The van der Waals surface area contributed by atoms with Gasteiger partial charge >= 0.3 is 0 Å². The van der Waals surface area contributed by atoms with E-state index in [1.807, 2.05) is 6.07 Å². The quantitative estimate of drug-likeness (QED) is 0.534. The zero-order valence-corrected chi connectivity index (χ0v) is 15.3. The van der Waals surface area contributed by atoms with Crippen molar-refractivity contribution in [2.75, 3.05) is 0 Å². The van der Waals surface area contributed by atoms with E-state index < -0.39 is 0 Å². The minimum atomic E-state index is -0.195. The second-order valence-electron chi connectivity index (χ2n) is 7.36. The minimum Gasteiger partial charge on any atom is -0.329 e. The lowest BCUT2D eigenvalue weighted by Crippen LogP contribution is -2.44. The average Bonchev–Trinajstić information content (AvgIpc) is 3.19. The maximum Gasteiger partial charge on any atom is 0.210 e. The summed E-state index contributed by atoms with van der Waals surface area (Å²) in [6.45, 7) is 2.17. The smallest absolute Gasteiger partial charge is 0.210 e. The molecular weight excluding hydrogens is 318 g/mol. The van der Waals surface area contributed by atoms with Crippen LogP contribution in [0.2, 0.25) is 0 Å². The summed E-state index contributed by atoms with van der Waals surface area (Å²) in [7, 11) is 0. The maximum absolute atomic E-state index is 12.3. The van der Waals surface area contributed by atoms with Crippen LogP contribution < -0.4 is 0 Å². The molecule has 0 heterocycles. The van der Waals surface area contributed by atoms with Gasteiger partial charge in [0.25, 0.3) is 0 Å². The van der Waals surface area contributed by atoms with Gasteiger partial charge in [-0.25, -0.2) is 0 Å². The molecule has 0 bridgehead atoms. The fraction of sp³-hybridized carbons (Fsp3) is 0.292. The molecule has 1 atom stereocenters. The zero-order chi connectivity index (χ0) is 18.0. The van der Waals surface area contributed by atoms with Gasteiger partial charge in [-0.1, -0.05) is 85.6 Å². The first kappa shape index (κ1) is 16.8. The van der Waals surface area contributed by atoms with Crippen LogP contribution >= 0.6 is 0 Å². The van der Waals surface area contributed by atoms with E-state index in [0.29, 0.717) is 0 Å². The van der Waals surface area contributed by atoms with Crippen LogP contribution in [0.25, 0.3) is 10.8 Å². The third-order valence-corrected chi connectivity index (χ3v) is 6.04. The fourth-order valence-corrected chi connectivity index (χ4v) is 4.73. The highest BCUT2D eigenvalue weighted by Crippen LogP contribution is 2.47. The van der Waals surface area contributed by atoms with Crippen molar-refractivity contribution in [3.63, 3.8) is 0 Å². The number of carbonyl (C=O) groups excluding carboxylic acids is 1. The molecule has 2 nitrogen and oxygen atoms in total. The van der Waals surface area contributed by atoms with Gasteiger partial charge in [0.15, 0.2) is 0 Å². The molecule has 4 rings (SSSR count). The number of benzene rings is 3. The Morgan fingerprint density at radius 2 is 1.54 bits per heavy atom. The molecule has 0 spiro atoms. The summed E-state index contributed by atoms with van der Waals surface area (Å²) in [6.07, 6.45) is 5.48. The molecule has 0 aromatic heterocycles. The Bertz CT molecular complexity index is 891. The topological polar surface area (TPSA) is 20.3 Å². The first-order chi connectivity index (χ1) is 12.8. The minimum absolute atomic E-state index is 0.0249. The van der Waals surface area contributed by atoms with E-state index in [-0.39, 0.29) is 11.6 Å². The van der Waals surface area contributed by atoms with Gasteiger partial charge in [-0.3, -0.25) is 4.79 Å². The zero-order valence-electron chi connectivity index (χ0n) is 15.3. The second-order valence-corrected chi connectivity index (χ2v) is 7.36. The van der Waals surface area contributed by atoms with Crippen LogP contribution in [0, 0.1) is 0 Å². The summed E-state index contributed by atoms with van der Waals surface area (Å²) < 4.78 is 0. The van der Waals surface area contributed by atoms with Crippen LogP contribution in [0.4, 0.5) is 0 Å². The van der Waals surface area contributed by atoms with Crippen LogP contribution in [0.15, 0.2) is 72.8 Å². The van der Waals surface area contributed by atoms with Crippen molar-refractivity contribution < 1.29 is 4.79 Å². The van der Waals surface area contributed by atoms with Crippen LogP contribution in [0.3, 0.4) is 0 Å². The third-order valence-electron chi connectivity index (χ3n) is 6.04. The molecule has 0 N–H and O–H groups in total. The molecule has 1 fully saturated rings. The highest BCUT2D eigenvalue weighted by molar-refractivity contribution is 5.86. The van der Waals surface area contributed by atoms with E-state index in [4.69, 9.17) is 0 Å². The molecule has 1 amide bonds. The van der Waals surface area contributed by atoms with Crippen molar-refractivity contribution in [1.29, 1.82) is 0 Å². The lowest BCUT2D eigenvalue weighted by Gasteiger charge is -2.43. The lowest BCUT2D eigenvalue weighted by atomic mass is 9.84. The molecule has 0 radical (unpaired) electrons. The van der Waals surface area contributed by atoms with Crippen LogP contribution in [-0.2, 0) is 10.3 Å². The van der Waals surface area contributed by atoms with Crippen molar-refractivity contribution in [3.8, 4) is 0 Å². The van der Waals surface area contributed by atoms with E-state index >= 15 is 0 Å². The molecule has 2 heteroatoms. The summed E-state index contributed by atoms with van der Waals surface area (Å²) in [6, 6.07) is 25.4. The molecule has 1 unspecified atom stereocenters. The van der Waals surface area contributed by atoms with E-state index in [2.05, 4.69) is 78.6 Å². The van der Waals surface area contributed by atoms with E-state index in [1.54, 1.807) is 0 Å². The molecule has 1 saturated carbocycles. The Balaban J connectivity index is 1.81. The highest BCUT2D eigenvalue weighted by Gasteiger charge is 2.43. The Morgan fingerprint density at radius 3 is 2.27 bits per heavy atom. The summed E-state index contributed by atoms with van der Waals surface area (Å²) >= 11 is 0. The van der Waals surface area contributed by atoms with E-state index in [9.17, 15) is 4.79 Å². The molecule has 1 aliphatic rings. The Hall–Kier alpha value is -2.61.